The van der Waals surface area contributed by atoms with Gasteiger partial charge in [0.25, 0.3) is 0 Å². The van der Waals surface area contributed by atoms with Crippen molar-refractivity contribution >= 4 is 5.69 Å². The van der Waals surface area contributed by atoms with Gasteiger partial charge in [0, 0.05) is 25.3 Å². The van der Waals surface area contributed by atoms with Crippen LogP contribution in [0.1, 0.15) is 58.1 Å². The van der Waals surface area contributed by atoms with Crippen LogP contribution in [0.4, 0.5) is 5.69 Å². The molecule has 2 heteroatoms. The van der Waals surface area contributed by atoms with Gasteiger partial charge in [-0.05, 0) is 44.0 Å². The molecule has 1 rings (SSSR count). The van der Waals surface area contributed by atoms with Crippen LogP contribution < -0.4 is 10.2 Å². The van der Waals surface area contributed by atoms with Crippen molar-refractivity contribution in [2.75, 3.05) is 25.0 Å². The molecule has 0 amide bonds. The Balaban J connectivity index is 2.50. The molecule has 0 saturated carbocycles. The lowest BCUT2D eigenvalue weighted by atomic mass is 10.1. The number of anilines is 1. The molecule has 0 bridgehead atoms. The Hall–Kier alpha value is -1.02. The molecule has 1 aromatic carbocycles. The summed E-state index contributed by atoms with van der Waals surface area (Å²) in [6.45, 7) is 8.92. The van der Waals surface area contributed by atoms with Crippen LogP contribution in [0.15, 0.2) is 24.3 Å². The molecule has 2 nitrogen and oxygen atoms in total. The molecule has 0 saturated heterocycles. The molecule has 1 atom stereocenters. The highest BCUT2D eigenvalue weighted by molar-refractivity contribution is 5.47. The molecule has 1 N–H and O–H groups in total. The number of rotatable bonds is 9. The standard InChI is InChI=1S/C17H30N2/c1-5-7-8-14-19(4)17-11-9-16(10-12-17)15(3)18-13-6-2/h9-12,15,18H,5-8,13-14H2,1-4H3. The quantitative estimate of drug-likeness (QED) is 0.665. The maximum absolute atomic E-state index is 3.53. The van der Waals surface area contributed by atoms with Crippen LogP contribution in [-0.4, -0.2) is 20.1 Å². The topological polar surface area (TPSA) is 15.3 Å². The highest BCUT2D eigenvalue weighted by atomic mass is 15.1. The first kappa shape index (κ1) is 16.0. The normalized spacial score (nSPS) is 12.4. The fraction of sp³-hybridized carbons (Fsp3) is 0.647. The average Bonchev–Trinajstić information content (AvgIpc) is 2.45. The summed E-state index contributed by atoms with van der Waals surface area (Å²) in [6.07, 6.45) is 5.07. The predicted molar refractivity (Wildman–Crippen MR) is 85.9 cm³/mol. The van der Waals surface area contributed by atoms with E-state index < -0.39 is 0 Å². The SMILES string of the molecule is CCCCCN(C)c1ccc(C(C)NCCC)cc1. The highest BCUT2D eigenvalue weighted by Gasteiger charge is 2.05. The number of hydrogen-bond donors (Lipinski definition) is 1. The van der Waals surface area contributed by atoms with Gasteiger partial charge in [-0.15, -0.1) is 0 Å². The summed E-state index contributed by atoms with van der Waals surface area (Å²) in [5.41, 5.74) is 2.70. The van der Waals surface area contributed by atoms with Crippen LogP contribution >= 0.6 is 0 Å². The molecule has 0 spiro atoms. The zero-order chi connectivity index (χ0) is 14.1. The summed E-state index contributed by atoms with van der Waals surface area (Å²) >= 11 is 0. The Morgan fingerprint density at radius 3 is 2.32 bits per heavy atom. The monoisotopic (exact) mass is 262 g/mol. The first-order valence-electron chi connectivity index (χ1n) is 7.73. The average molecular weight is 262 g/mol. The third-order valence-corrected chi connectivity index (χ3v) is 3.63. The Bertz CT molecular complexity index is 332. The van der Waals surface area contributed by atoms with E-state index in [1.165, 1.54) is 36.9 Å². The maximum atomic E-state index is 3.53. The first-order chi connectivity index (χ1) is 9.19. The minimum absolute atomic E-state index is 0.444. The molecule has 0 heterocycles. The van der Waals surface area contributed by atoms with Crippen LogP contribution in [0.25, 0.3) is 0 Å². The molecule has 0 aliphatic carbocycles. The van der Waals surface area contributed by atoms with Gasteiger partial charge in [-0.25, -0.2) is 0 Å². The Labute approximate surface area is 119 Å². The van der Waals surface area contributed by atoms with Gasteiger partial charge in [0.05, 0.1) is 0 Å². The molecule has 0 fully saturated rings. The smallest absolute Gasteiger partial charge is 0.0363 e. The van der Waals surface area contributed by atoms with E-state index in [0.29, 0.717) is 6.04 Å². The number of nitrogens with one attached hydrogen (secondary N) is 1. The minimum atomic E-state index is 0.444. The second-order valence-corrected chi connectivity index (χ2v) is 5.40. The van der Waals surface area contributed by atoms with Crippen molar-refractivity contribution in [1.82, 2.24) is 5.32 Å². The summed E-state index contributed by atoms with van der Waals surface area (Å²) in [4.78, 5) is 2.35. The van der Waals surface area contributed by atoms with Crippen molar-refractivity contribution in [3.8, 4) is 0 Å². The van der Waals surface area contributed by atoms with E-state index in [4.69, 9.17) is 0 Å². The second-order valence-electron chi connectivity index (χ2n) is 5.40. The summed E-state index contributed by atoms with van der Waals surface area (Å²) in [5, 5.41) is 3.53. The molecule has 0 aliphatic heterocycles. The van der Waals surface area contributed by atoms with Gasteiger partial charge in [-0.3, -0.25) is 0 Å². The van der Waals surface area contributed by atoms with Gasteiger partial charge in [-0.1, -0.05) is 38.8 Å². The molecule has 0 radical (unpaired) electrons. The van der Waals surface area contributed by atoms with Crippen LogP contribution in [-0.2, 0) is 0 Å². The lowest BCUT2D eigenvalue weighted by Crippen LogP contribution is -2.20. The largest absolute Gasteiger partial charge is 0.375 e. The van der Waals surface area contributed by atoms with Crippen LogP contribution in [0.2, 0.25) is 0 Å². The third-order valence-electron chi connectivity index (χ3n) is 3.63. The van der Waals surface area contributed by atoms with E-state index in [2.05, 4.69) is 62.3 Å². The van der Waals surface area contributed by atoms with Crippen molar-refractivity contribution < 1.29 is 0 Å². The fourth-order valence-corrected chi connectivity index (χ4v) is 2.22. The summed E-state index contributed by atoms with van der Waals surface area (Å²) < 4.78 is 0. The van der Waals surface area contributed by atoms with Crippen LogP contribution in [0.3, 0.4) is 0 Å². The number of hydrogen-bond acceptors (Lipinski definition) is 2. The maximum Gasteiger partial charge on any atom is 0.0363 e. The van der Waals surface area contributed by atoms with E-state index in [-0.39, 0.29) is 0 Å². The van der Waals surface area contributed by atoms with Crippen molar-refractivity contribution in [2.45, 2.75) is 52.5 Å². The van der Waals surface area contributed by atoms with Gasteiger partial charge in [-0.2, -0.15) is 0 Å². The molecular formula is C17H30N2. The minimum Gasteiger partial charge on any atom is -0.375 e. The van der Waals surface area contributed by atoms with E-state index in [0.717, 1.165) is 13.1 Å². The van der Waals surface area contributed by atoms with Crippen molar-refractivity contribution in [3.05, 3.63) is 29.8 Å². The number of unbranched alkanes of at least 4 members (excludes halogenated alkanes) is 2. The van der Waals surface area contributed by atoms with Gasteiger partial charge < -0.3 is 10.2 Å². The molecule has 0 aliphatic rings. The third kappa shape index (κ3) is 5.65. The van der Waals surface area contributed by atoms with Crippen molar-refractivity contribution in [3.63, 3.8) is 0 Å². The molecule has 0 aromatic heterocycles. The van der Waals surface area contributed by atoms with E-state index in [9.17, 15) is 0 Å². The zero-order valence-electron chi connectivity index (χ0n) is 13.1. The molecule has 108 valence electrons. The highest BCUT2D eigenvalue weighted by Crippen LogP contribution is 2.18. The Morgan fingerprint density at radius 1 is 1.05 bits per heavy atom. The lowest BCUT2D eigenvalue weighted by Gasteiger charge is -2.20. The van der Waals surface area contributed by atoms with Gasteiger partial charge in [0.2, 0.25) is 0 Å². The Kier molecular flexibility index (Phi) is 7.57. The van der Waals surface area contributed by atoms with Crippen LogP contribution in [0, 0.1) is 0 Å². The summed E-state index contributed by atoms with van der Waals surface area (Å²) in [5.74, 6) is 0. The number of nitrogens with zero attached hydrogens (tertiary/aromatic N) is 1. The summed E-state index contributed by atoms with van der Waals surface area (Å²) in [6, 6.07) is 9.42. The number of benzene rings is 1. The first-order valence-corrected chi connectivity index (χ1v) is 7.73. The van der Waals surface area contributed by atoms with Crippen LogP contribution in [0.5, 0.6) is 0 Å². The molecule has 1 aromatic rings. The van der Waals surface area contributed by atoms with Gasteiger partial charge in [0.1, 0.15) is 0 Å². The molecule has 1 unspecified atom stereocenters. The molecular weight excluding hydrogens is 232 g/mol. The van der Waals surface area contributed by atoms with E-state index in [1.54, 1.807) is 0 Å². The van der Waals surface area contributed by atoms with Crippen molar-refractivity contribution in [1.29, 1.82) is 0 Å². The van der Waals surface area contributed by atoms with Gasteiger partial charge in [0.15, 0.2) is 0 Å². The lowest BCUT2D eigenvalue weighted by molar-refractivity contribution is 0.570. The Morgan fingerprint density at radius 2 is 1.74 bits per heavy atom. The molecule has 19 heavy (non-hydrogen) atoms. The van der Waals surface area contributed by atoms with E-state index in [1.807, 2.05) is 0 Å². The fourth-order valence-electron chi connectivity index (χ4n) is 2.22. The second kappa shape index (κ2) is 8.98. The summed E-state index contributed by atoms with van der Waals surface area (Å²) in [7, 11) is 2.18. The predicted octanol–water partition coefficient (Wildman–Crippen LogP) is 4.37. The zero-order valence-corrected chi connectivity index (χ0v) is 13.1. The van der Waals surface area contributed by atoms with Crippen molar-refractivity contribution in [2.24, 2.45) is 0 Å². The van der Waals surface area contributed by atoms with E-state index >= 15 is 0 Å². The van der Waals surface area contributed by atoms with Gasteiger partial charge >= 0.3 is 0 Å².